The fourth-order valence-corrected chi connectivity index (χ4v) is 3.68. The maximum Gasteiger partial charge on any atom is 0.199 e. The Kier molecular flexibility index (Phi) is 3.39. The highest BCUT2D eigenvalue weighted by Gasteiger charge is 2.26. The average molecular weight is 321 g/mol. The summed E-state index contributed by atoms with van der Waals surface area (Å²) in [5.41, 5.74) is 3.85. The van der Waals surface area contributed by atoms with Crippen LogP contribution in [-0.4, -0.2) is 10.8 Å². The molecule has 0 spiro atoms. The van der Waals surface area contributed by atoms with Crippen LogP contribution in [0.1, 0.15) is 20.8 Å². The predicted octanol–water partition coefficient (Wildman–Crippen LogP) is 4.77. The van der Waals surface area contributed by atoms with Crippen LogP contribution in [0.3, 0.4) is 0 Å². The number of hydrogen-bond donors (Lipinski definition) is 0. The van der Waals surface area contributed by atoms with E-state index in [4.69, 9.17) is 0 Å². The summed E-state index contributed by atoms with van der Waals surface area (Å²) in [6.45, 7) is 0. The molecular formula is C19H12FNOS. The highest BCUT2D eigenvalue weighted by atomic mass is 32.1. The smallest absolute Gasteiger partial charge is 0.199 e. The molecule has 0 bridgehead atoms. The van der Waals surface area contributed by atoms with Gasteiger partial charge in [-0.2, -0.15) is 0 Å². The molecule has 0 aliphatic heterocycles. The molecule has 4 rings (SSSR count). The van der Waals surface area contributed by atoms with Crippen molar-refractivity contribution in [3.63, 3.8) is 0 Å². The molecule has 2 aromatic heterocycles. The average Bonchev–Trinajstić information content (AvgIpc) is 3.14. The van der Waals surface area contributed by atoms with Crippen molar-refractivity contribution in [1.29, 1.82) is 0 Å². The Hall–Kier alpha value is -2.59. The van der Waals surface area contributed by atoms with Crippen molar-refractivity contribution in [3.05, 3.63) is 81.6 Å². The SMILES string of the molecule is O=C1/C(=C\c2ccc(-c3ccncc3)cc2F)Cc2ccsc21. The largest absolute Gasteiger partial charge is 0.288 e. The lowest BCUT2D eigenvalue weighted by atomic mass is 10.0. The lowest BCUT2D eigenvalue weighted by molar-refractivity contribution is 0.104. The lowest BCUT2D eigenvalue weighted by Gasteiger charge is -2.04. The summed E-state index contributed by atoms with van der Waals surface area (Å²) in [4.78, 5) is 17.0. The van der Waals surface area contributed by atoms with Crippen LogP contribution >= 0.6 is 11.3 Å². The molecule has 23 heavy (non-hydrogen) atoms. The number of rotatable bonds is 2. The quantitative estimate of drug-likeness (QED) is 0.636. The molecule has 0 N–H and O–H groups in total. The van der Waals surface area contributed by atoms with Gasteiger partial charge in [0.05, 0.1) is 4.88 Å². The minimum absolute atomic E-state index is 0.0209. The monoisotopic (exact) mass is 321 g/mol. The van der Waals surface area contributed by atoms with Crippen LogP contribution < -0.4 is 0 Å². The van der Waals surface area contributed by atoms with E-state index in [1.165, 1.54) is 17.4 Å². The molecule has 2 heterocycles. The van der Waals surface area contributed by atoms with Crippen LogP contribution in [-0.2, 0) is 6.42 Å². The highest BCUT2D eigenvalue weighted by Crippen LogP contribution is 2.32. The zero-order valence-corrected chi connectivity index (χ0v) is 12.9. The summed E-state index contributed by atoms with van der Waals surface area (Å²) in [5, 5.41) is 1.92. The topological polar surface area (TPSA) is 30.0 Å². The molecular weight excluding hydrogens is 309 g/mol. The van der Waals surface area contributed by atoms with Gasteiger partial charge in [0.15, 0.2) is 5.78 Å². The third-order valence-electron chi connectivity index (χ3n) is 3.97. The number of benzene rings is 1. The van der Waals surface area contributed by atoms with Gasteiger partial charge in [-0.05, 0) is 52.4 Å². The molecule has 0 unspecified atom stereocenters. The molecule has 0 atom stereocenters. The maximum absolute atomic E-state index is 14.4. The summed E-state index contributed by atoms with van der Waals surface area (Å²) in [6, 6.07) is 10.7. The zero-order chi connectivity index (χ0) is 15.8. The molecule has 2 nitrogen and oxygen atoms in total. The van der Waals surface area contributed by atoms with Crippen molar-refractivity contribution in [3.8, 4) is 11.1 Å². The standard InChI is InChI=1S/C19H12FNOS/c20-17-11-13(12-3-6-21-7-4-12)1-2-14(17)9-16-10-15-5-8-23-19(15)18(16)22/h1-9,11H,10H2/b16-9-. The number of aromatic nitrogens is 1. The van der Waals surface area contributed by atoms with Crippen LogP contribution in [0.25, 0.3) is 17.2 Å². The van der Waals surface area contributed by atoms with Crippen LogP contribution in [0.5, 0.6) is 0 Å². The van der Waals surface area contributed by atoms with Crippen LogP contribution in [0, 0.1) is 5.82 Å². The molecule has 0 fully saturated rings. The third kappa shape index (κ3) is 2.51. The molecule has 3 aromatic rings. The van der Waals surface area contributed by atoms with Crippen LogP contribution in [0.15, 0.2) is 59.7 Å². The summed E-state index contributed by atoms with van der Waals surface area (Å²) < 4.78 is 14.4. The molecule has 4 heteroatoms. The van der Waals surface area contributed by atoms with Gasteiger partial charge in [0.25, 0.3) is 0 Å². The minimum atomic E-state index is -0.324. The summed E-state index contributed by atoms with van der Waals surface area (Å²) in [7, 11) is 0. The second-order valence-corrected chi connectivity index (χ2v) is 6.34. The van der Waals surface area contributed by atoms with E-state index in [0.29, 0.717) is 17.6 Å². The van der Waals surface area contributed by atoms with Gasteiger partial charge in [-0.1, -0.05) is 12.1 Å². The van der Waals surface area contributed by atoms with E-state index < -0.39 is 0 Å². The molecule has 1 aliphatic carbocycles. The van der Waals surface area contributed by atoms with Gasteiger partial charge in [-0.15, -0.1) is 11.3 Å². The van der Waals surface area contributed by atoms with E-state index in [9.17, 15) is 9.18 Å². The Labute approximate surface area is 136 Å². The molecule has 0 radical (unpaired) electrons. The number of allylic oxidation sites excluding steroid dienone is 1. The molecule has 1 aromatic carbocycles. The Balaban J connectivity index is 1.68. The van der Waals surface area contributed by atoms with Crippen molar-refractivity contribution in [2.75, 3.05) is 0 Å². The van der Waals surface area contributed by atoms with Gasteiger partial charge >= 0.3 is 0 Å². The van der Waals surface area contributed by atoms with Crippen molar-refractivity contribution in [2.24, 2.45) is 0 Å². The number of nitrogens with zero attached hydrogens (tertiary/aromatic N) is 1. The van der Waals surface area contributed by atoms with E-state index in [1.807, 2.05) is 29.6 Å². The van der Waals surface area contributed by atoms with Gasteiger partial charge in [-0.25, -0.2) is 4.39 Å². The van der Waals surface area contributed by atoms with Gasteiger partial charge in [0.1, 0.15) is 5.82 Å². The highest BCUT2D eigenvalue weighted by molar-refractivity contribution is 7.12. The fourth-order valence-electron chi connectivity index (χ4n) is 2.78. The molecule has 0 saturated carbocycles. The van der Waals surface area contributed by atoms with E-state index in [-0.39, 0.29) is 11.6 Å². The Morgan fingerprint density at radius 2 is 1.91 bits per heavy atom. The molecule has 112 valence electrons. The van der Waals surface area contributed by atoms with E-state index in [2.05, 4.69) is 4.98 Å². The predicted molar refractivity (Wildman–Crippen MR) is 90.0 cm³/mol. The fraction of sp³-hybridized carbons (Fsp3) is 0.0526. The number of carbonyl (C=O) groups excluding carboxylic acids is 1. The van der Waals surface area contributed by atoms with Crippen LogP contribution in [0.4, 0.5) is 4.39 Å². The number of halogens is 1. The number of ketones is 1. The first kappa shape index (κ1) is 14.0. The van der Waals surface area contributed by atoms with Crippen molar-refractivity contribution >= 4 is 23.2 Å². The number of carbonyl (C=O) groups is 1. The van der Waals surface area contributed by atoms with Crippen molar-refractivity contribution < 1.29 is 9.18 Å². The van der Waals surface area contributed by atoms with Crippen molar-refractivity contribution in [2.45, 2.75) is 6.42 Å². The third-order valence-corrected chi connectivity index (χ3v) is 4.92. The first-order chi connectivity index (χ1) is 11.2. The summed E-state index contributed by atoms with van der Waals surface area (Å²) >= 11 is 1.45. The lowest BCUT2D eigenvalue weighted by Crippen LogP contribution is -1.95. The van der Waals surface area contributed by atoms with Gasteiger partial charge in [0, 0.05) is 30.0 Å². The number of Topliss-reactive ketones (excluding diaryl/α,β-unsaturated/α-hetero) is 1. The van der Waals surface area contributed by atoms with Gasteiger partial charge < -0.3 is 0 Å². The van der Waals surface area contributed by atoms with E-state index in [1.54, 1.807) is 24.5 Å². The molecule has 0 amide bonds. The summed E-state index contributed by atoms with van der Waals surface area (Å²) in [6.07, 6.45) is 5.61. The normalized spacial score (nSPS) is 15.2. The number of thiophene rings is 1. The van der Waals surface area contributed by atoms with Gasteiger partial charge in [0.2, 0.25) is 0 Å². The second kappa shape index (κ2) is 5.56. The number of pyridine rings is 1. The maximum atomic E-state index is 14.4. The van der Waals surface area contributed by atoms with E-state index >= 15 is 0 Å². The zero-order valence-electron chi connectivity index (χ0n) is 12.1. The second-order valence-electron chi connectivity index (χ2n) is 5.42. The van der Waals surface area contributed by atoms with Crippen LogP contribution in [0.2, 0.25) is 0 Å². The Bertz CT molecular complexity index is 928. The van der Waals surface area contributed by atoms with E-state index in [0.717, 1.165) is 21.6 Å². The minimum Gasteiger partial charge on any atom is -0.288 e. The first-order valence-electron chi connectivity index (χ1n) is 7.24. The van der Waals surface area contributed by atoms with Gasteiger partial charge in [-0.3, -0.25) is 9.78 Å². The Morgan fingerprint density at radius 1 is 1.09 bits per heavy atom. The molecule has 1 aliphatic rings. The number of hydrogen-bond acceptors (Lipinski definition) is 3. The first-order valence-corrected chi connectivity index (χ1v) is 8.12. The Morgan fingerprint density at radius 3 is 2.65 bits per heavy atom. The number of fused-ring (bicyclic) bond motifs is 1. The summed E-state index contributed by atoms with van der Waals surface area (Å²) in [5.74, 6) is -0.303. The molecule has 0 saturated heterocycles. The van der Waals surface area contributed by atoms with Crippen molar-refractivity contribution in [1.82, 2.24) is 4.98 Å².